The molecule has 2 aliphatic rings. The molecule has 2 heterocycles. The van der Waals surface area contributed by atoms with E-state index in [2.05, 4.69) is 27.3 Å². The number of Topliss-reactive ketones (excluding diaryl/α,β-unsaturated/α-hetero) is 1. The van der Waals surface area contributed by atoms with Crippen LogP contribution in [0.2, 0.25) is 0 Å². The molecule has 0 bridgehead atoms. The van der Waals surface area contributed by atoms with Gasteiger partial charge < -0.3 is 20.7 Å². The van der Waals surface area contributed by atoms with Crippen LogP contribution in [-0.2, 0) is 4.74 Å². The van der Waals surface area contributed by atoms with Crippen LogP contribution in [-0.4, -0.2) is 49.2 Å². The van der Waals surface area contributed by atoms with Gasteiger partial charge in [-0.05, 0) is 50.8 Å². The number of morpholine rings is 1. The van der Waals surface area contributed by atoms with Crippen molar-refractivity contribution in [2.24, 2.45) is 5.73 Å². The fraction of sp³-hybridized carbons (Fsp3) is 0.524. The molecule has 2 fully saturated rings. The number of ketones is 1. The molecule has 6 heteroatoms. The molecular weight excluding hydrogens is 340 g/mol. The van der Waals surface area contributed by atoms with Gasteiger partial charge in [0.15, 0.2) is 5.78 Å². The number of anilines is 2. The quantitative estimate of drug-likeness (QED) is 0.808. The highest BCUT2D eigenvalue weighted by Crippen LogP contribution is 2.32. The maximum atomic E-state index is 12.3. The smallest absolute Gasteiger partial charge is 0.163 e. The molecule has 144 valence electrons. The van der Waals surface area contributed by atoms with Gasteiger partial charge in [0.2, 0.25) is 0 Å². The van der Waals surface area contributed by atoms with E-state index >= 15 is 0 Å². The first-order valence-corrected chi connectivity index (χ1v) is 9.90. The van der Waals surface area contributed by atoms with E-state index in [-0.39, 0.29) is 5.78 Å². The van der Waals surface area contributed by atoms with Crippen molar-refractivity contribution in [3.63, 3.8) is 0 Å². The first kappa shape index (κ1) is 18.2. The fourth-order valence-corrected chi connectivity index (χ4v) is 4.09. The van der Waals surface area contributed by atoms with Crippen molar-refractivity contribution in [2.45, 2.75) is 44.7 Å². The van der Waals surface area contributed by atoms with Crippen LogP contribution in [0.3, 0.4) is 0 Å². The van der Waals surface area contributed by atoms with Gasteiger partial charge in [-0.1, -0.05) is 0 Å². The van der Waals surface area contributed by atoms with Crippen LogP contribution in [0.15, 0.2) is 24.4 Å². The summed E-state index contributed by atoms with van der Waals surface area (Å²) in [6.07, 6.45) is 5.82. The molecule has 4 rings (SSSR count). The molecule has 1 aliphatic carbocycles. The average molecular weight is 368 g/mol. The Labute approximate surface area is 160 Å². The Morgan fingerprint density at radius 2 is 1.96 bits per heavy atom. The lowest BCUT2D eigenvalue weighted by Crippen LogP contribution is -2.36. The summed E-state index contributed by atoms with van der Waals surface area (Å²) < 4.78 is 5.47. The second kappa shape index (κ2) is 7.82. The van der Waals surface area contributed by atoms with Gasteiger partial charge >= 0.3 is 0 Å². The number of rotatable bonds is 4. The van der Waals surface area contributed by atoms with Crippen LogP contribution >= 0.6 is 0 Å². The Hall–Kier alpha value is -2.18. The summed E-state index contributed by atoms with van der Waals surface area (Å²) in [7, 11) is 0. The SMILES string of the molecule is CC(=O)c1cnc2ccc(N3CCOCC3)cc2c1N[C@H]1CC[C@H](N)CC1. The molecule has 0 radical (unpaired) electrons. The van der Waals surface area contributed by atoms with Gasteiger partial charge in [0.25, 0.3) is 0 Å². The zero-order valence-corrected chi connectivity index (χ0v) is 15.9. The van der Waals surface area contributed by atoms with Crippen molar-refractivity contribution < 1.29 is 9.53 Å². The third-order valence-electron chi connectivity index (χ3n) is 5.73. The minimum absolute atomic E-state index is 0.0381. The van der Waals surface area contributed by atoms with Gasteiger partial charge in [-0.2, -0.15) is 0 Å². The summed E-state index contributed by atoms with van der Waals surface area (Å²) in [6.45, 7) is 4.87. The molecule has 0 atom stereocenters. The summed E-state index contributed by atoms with van der Waals surface area (Å²) in [5.74, 6) is 0.0381. The average Bonchev–Trinajstić information content (AvgIpc) is 2.70. The maximum absolute atomic E-state index is 12.3. The first-order valence-electron chi connectivity index (χ1n) is 9.90. The Bertz CT molecular complexity index is 824. The van der Waals surface area contributed by atoms with Gasteiger partial charge in [0.05, 0.1) is 30.0 Å². The van der Waals surface area contributed by atoms with Crippen molar-refractivity contribution in [3.05, 3.63) is 30.0 Å². The third kappa shape index (κ3) is 3.92. The number of fused-ring (bicyclic) bond motifs is 1. The molecule has 1 saturated heterocycles. The van der Waals surface area contributed by atoms with E-state index in [1.807, 2.05) is 6.07 Å². The molecule has 0 unspecified atom stereocenters. The first-order chi connectivity index (χ1) is 13.1. The van der Waals surface area contributed by atoms with E-state index in [9.17, 15) is 4.79 Å². The van der Waals surface area contributed by atoms with Crippen molar-refractivity contribution in [2.75, 3.05) is 36.5 Å². The van der Waals surface area contributed by atoms with Crippen molar-refractivity contribution in [1.29, 1.82) is 0 Å². The molecule has 0 spiro atoms. The van der Waals surface area contributed by atoms with E-state index in [1.165, 1.54) is 0 Å². The standard InChI is InChI=1S/C21H28N4O2/c1-14(26)19-13-23-20-7-6-17(25-8-10-27-11-9-25)12-18(20)21(19)24-16-4-2-15(22)3-5-16/h6-7,12-13,15-16H,2-5,8-11,22H2,1H3,(H,23,24)/t15-,16-. The van der Waals surface area contributed by atoms with Crippen LogP contribution < -0.4 is 16.0 Å². The van der Waals surface area contributed by atoms with Gasteiger partial charge in [-0.3, -0.25) is 9.78 Å². The zero-order chi connectivity index (χ0) is 18.8. The lowest BCUT2D eigenvalue weighted by Gasteiger charge is -2.30. The minimum atomic E-state index is 0.0381. The molecule has 6 nitrogen and oxygen atoms in total. The van der Waals surface area contributed by atoms with Crippen LogP contribution in [0.4, 0.5) is 11.4 Å². The Kier molecular flexibility index (Phi) is 5.27. The van der Waals surface area contributed by atoms with E-state index < -0.39 is 0 Å². The normalized spacial score (nSPS) is 23.4. The van der Waals surface area contributed by atoms with Crippen LogP contribution in [0, 0.1) is 0 Å². The highest BCUT2D eigenvalue weighted by molar-refractivity contribution is 6.07. The monoisotopic (exact) mass is 368 g/mol. The number of hydrogen-bond donors (Lipinski definition) is 2. The summed E-state index contributed by atoms with van der Waals surface area (Å²) >= 11 is 0. The maximum Gasteiger partial charge on any atom is 0.163 e. The van der Waals surface area contributed by atoms with E-state index in [1.54, 1.807) is 13.1 Å². The minimum Gasteiger partial charge on any atom is -0.381 e. The second-order valence-corrected chi connectivity index (χ2v) is 7.66. The summed E-state index contributed by atoms with van der Waals surface area (Å²) in [4.78, 5) is 19.1. The van der Waals surface area contributed by atoms with Crippen molar-refractivity contribution >= 4 is 28.1 Å². The molecule has 27 heavy (non-hydrogen) atoms. The Morgan fingerprint density at radius 3 is 2.67 bits per heavy atom. The number of ether oxygens (including phenoxy) is 1. The number of carbonyl (C=O) groups is 1. The second-order valence-electron chi connectivity index (χ2n) is 7.66. The lowest BCUT2D eigenvalue weighted by atomic mass is 9.91. The number of nitrogens with two attached hydrogens (primary N) is 1. The van der Waals surface area contributed by atoms with Crippen molar-refractivity contribution in [1.82, 2.24) is 4.98 Å². The number of hydrogen-bond acceptors (Lipinski definition) is 6. The highest BCUT2D eigenvalue weighted by atomic mass is 16.5. The van der Waals surface area contributed by atoms with Gasteiger partial charge in [0.1, 0.15) is 0 Å². The van der Waals surface area contributed by atoms with Crippen LogP contribution in [0.1, 0.15) is 43.0 Å². The molecule has 1 aromatic heterocycles. The number of benzene rings is 1. The molecular formula is C21H28N4O2. The molecule has 1 aliphatic heterocycles. The summed E-state index contributed by atoms with van der Waals surface area (Å²) in [5, 5.41) is 4.68. The highest BCUT2D eigenvalue weighted by Gasteiger charge is 2.22. The predicted molar refractivity (Wildman–Crippen MR) is 109 cm³/mol. The fourth-order valence-electron chi connectivity index (χ4n) is 4.09. The Balaban J connectivity index is 1.72. The molecule has 1 aromatic carbocycles. The number of aromatic nitrogens is 1. The predicted octanol–water partition coefficient (Wildman–Crippen LogP) is 2.96. The molecule has 3 N–H and O–H groups in total. The van der Waals surface area contributed by atoms with E-state index in [0.717, 1.165) is 74.3 Å². The van der Waals surface area contributed by atoms with E-state index in [0.29, 0.717) is 17.6 Å². The summed E-state index contributed by atoms with van der Waals surface area (Å²) in [5.41, 5.74) is 9.70. The molecule has 0 amide bonds. The van der Waals surface area contributed by atoms with Gasteiger partial charge in [-0.25, -0.2) is 0 Å². The summed E-state index contributed by atoms with van der Waals surface area (Å²) in [6, 6.07) is 6.97. The zero-order valence-electron chi connectivity index (χ0n) is 15.9. The van der Waals surface area contributed by atoms with Crippen LogP contribution in [0.25, 0.3) is 10.9 Å². The van der Waals surface area contributed by atoms with Gasteiger partial charge in [0, 0.05) is 42.4 Å². The van der Waals surface area contributed by atoms with Crippen molar-refractivity contribution in [3.8, 4) is 0 Å². The number of carbonyl (C=O) groups excluding carboxylic acids is 1. The number of nitrogens with one attached hydrogen (secondary N) is 1. The molecule has 2 aromatic rings. The Morgan fingerprint density at radius 1 is 1.22 bits per heavy atom. The largest absolute Gasteiger partial charge is 0.381 e. The third-order valence-corrected chi connectivity index (χ3v) is 5.73. The van der Waals surface area contributed by atoms with Gasteiger partial charge in [-0.15, -0.1) is 0 Å². The lowest BCUT2D eigenvalue weighted by molar-refractivity contribution is 0.101. The molecule has 1 saturated carbocycles. The van der Waals surface area contributed by atoms with Crippen LogP contribution in [0.5, 0.6) is 0 Å². The van der Waals surface area contributed by atoms with E-state index in [4.69, 9.17) is 10.5 Å². The number of nitrogens with zero attached hydrogens (tertiary/aromatic N) is 2. The number of pyridine rings is 1. The topological polar surface area (TPSA) is 80.5 Å².